The third kappa shape index (κ3) is 6.47. The highest BCUT2D eigenvalue weighted by Gasteiger charge is 2.10. The van der Waals surface area contributed by atoms with Crippen LogP contribution in [-0.2, 0) is 4.79 Å². The summed E-state index contributed by atoms with van der Waals surface area (Å²) in [6.07, 6.45) is 2.44. The van der Waals surface area contributed by atoms with Gasteiger partial charge in [-0.3, -0.25) is 9.59 Å². The van der Waals surface area contributed by atoms with Gasteiger partial charge in [-0.15, -0.1) is 0 Å². The van der Waals surface area contributed by atoms with Crippen LogP contribution in [0.25, 0.3) is 0 Å². The van der Waals surface area contributed by atoms with Gasteiger partial charge in [0.15, 0.2) is 0 Å². The lowest BCUT2D eigenvalue weighted by Crippen LogP contribution is -2.24. The lowest BCUT2D eigenvalue weighted by Gasteiger charge is -2.08. The van der Waals surface area contributed by atoms with Crippen LogP contribution in [0.1, 0.15) is 46.4 Å². The molecule has 0 atom stereocenters. The molecule has 0 saturated heterocycles. The average Bonchev–Trinajstić information content (AvgIpc) is 2.66. The van der Waals surface area contributed by atoms with E-state index in [0.29, 0.717) is 18.5 Å². The molecule has 0 aliphatic heterocycles. The fraction of sp³-hybridized carbons (Fsp3) is 0.250. The Hall–Kier alpha value is -3.35. The van der Waals surface area contributed by atoms with Gasteiger partial charge in [0.1, 0.15) is 5.75 Å². The number of aromatic carboxylic acids is 1. The summed E-state index contributed by atoms with van der Waals surface area (Å²) in [7, 11) is 0. The number of hydrogen-bond acceptors (Lipinski definition) is 4. The lowest BCUT2D eigenvalue weighted by atomic mass is 10.1. The predicted octanol–water partition coefficient (Wildman–Crippen LogP) is 3.02. The number of carbonyl (C=O) groups excluding carboxylic acids is 2. The molecule has 0 spiro atoms. The van der Waals surface area contributed by atoms with E-state index in [-0.39, 0.29) is 35.2 Å². The van der Waals surface area contributed by atoms with Gasteiger partial charge in [-0.25, -0.2) is 4.79 Å². The number of amides is 2. The second-order valence-electron chi connectivity index (χ2n) is 6.02. The first kappa shape index (κ1) is 20.0. The van der Waals surface area contributed by atoms with Gasteiger partial charge in [-0.2, -0.15) is 0 Å². The number of anilines is 1. The van der Waals surface area contributed by atoms with E-state index in [4.69, 9.17) is 5.11 Å². The molecular formula is C20H22N2O5. The molecular weight excluding hydrogens is 348 g/mol. The maximum atomic E-state index is 11.9. The van der Waals surface area contributed by atoms with Crippen molar-refractivity contribution >= 4 is 23.5 Å². The molecule has 0 heterocycles. The Morgan fingerprint density at radius 1 is 0.889 bits per heavy atom. The van der Waals surface area contributed by atoms with Crippen molar-refractivity contribution in [1.29, 1.82) is 0 Å². The molecule has 142 valence electrons. The van der Waals surface area contributed by atoms with Crippen LogP contribution in [0.4, 0.5) is 5.69 Å². The molecule has 0 fully saturated rings. The monoisotopic (exact) mass is 370 g/mol. The Kier molecular flexibility index (Phi) is 7.37. The Bertz CT molecular complexity index is 805. The number of carboxylic acids is 1. The minimum atomic E-state index is -1.15. The lowest BCUT2D eigenvalue weighted by molar-refractivity contribution is -0.116. The molecule has 0 radical (unpaired) electrons. The Morgan fingerprint density at radius 2 is 1.63 bits per heavy atom. The fourth-order valence-electron chi connectivity index (χ4n) is 2.46. The number of benzene rings is 2. The van der Waals surface area contributed by atoms with Crippen molar-refractivity contribution < 1.29 is 24.6 Å². The number of carbonyl (C=O) groups is 3. The van der Waals surface area contributed by atoms with Gasteiger partial charge in [-0.1, -0.05) is 24.6 Å². The SMILES string of the molecule is O=C(CCCCCNC(=O)c1ccccc1)Nc1ccc(C(=O)O)cc1O. The van der Waals surface area contributed by atoms with Crippen LogP contribution < -0.4 is 10.6 Å². The molecule has 0 aromatic heterocycles. The summed E-state index contributed by atoms with van der Waals surface area (Å²) < 4.78 is 0. The number of rotatable bonds is 9. The zero-order valence-electron chi connectivity index (χ0n) is 14.8. The minimum Gasteiger partial charge on any atom is -0.506 e. The quantitative estimate of drug-likeness (QED) is 0.400. The van der Waals surface area contributed by atoms with Crippen molar-refractivity contribution in [2.75, 3.05) is 11.9 Å². The number of aromatic hydroxyl groups is 1. The molecule has 7 heteroatoms. The summed E-state index contributed by atoms with van der Waals surface area (Å²) in [5.41, 5.74) is 0.744. The Balaban J connectivity index is 1.64. The predicted molar refractivity (Wildman–Crippen MR) is 101 cm³/mol. The van der Waals surface area contributed by atoms with Crippen LogP contribution in [0, 0.1) is 0 Å². The topological polar surface area (TPSA) is 116 Å². The number of phenolic OH excluding ortho intramolecular Hbond substituents is 1. The summed E-state index contributed by atoms with van der Waals surface area (Å²) in [6.45, 7) is 0.535. The van der Waals surface area contributed by atoms with E-state index >= 15 is 0 Å². The smallest absolute Gasteiger partial charge is 0.335 e. The highest BCUT2D eigenvalue weighted by molar-refractivity contribution is 5.94. The van der Waals surface area contributed by atoms with Crippen LogP contribution in [0.3, 0.4) is 0 Å². The number of nitrogens with one attached hydrogen (secondary N) is 2. The van der Waals surface area contributed by atoms with Crippen molar-refractivity contribution in [3.63, 3.8) is 0 Å². The molecule has 2 rings (SSSR count). The molecule has 0 unspecified atom stereocenters. The molecule has 0 saturated carbocycles. The molecule has 2 aromatic carbocycles. The number of carboxylic acid groups (broad SMARTS) is 1. The zero-order chi connectivity index (χ0) is 19.6. The number of phenols is 1. The van der Waals surface area contributed by atoms with Gasteiger partial charge in [0.2, 0.25) is 5.91 Å². The van der Waals surface area contributed by atoms with E-state index in [1.54, 1.807) is 24.3 Å². The van der Waals surface area contributed by atoms with Crippen molar-refractivity contribution in [2.45, 2.75) is 25.7 Å². The second-order valence-corrected chi connectivity index (χ2v) is 6.02. The van der Waals surface area contributed by atoms with Gasteiger partial charge in [0, 0.05) is 18.5 Å². The van der Waals surface area contributed by atoms with E-state index < -0.39 is 5.97 Å². The maximum Gasteiger partial charge on any atom is 0.335 e. The van der Waals surface area contributed by atoms with Crippen molar-refractivity contribution in [3.8, 4) is 5.75 Å². The van der Waals surface area contributed by atoms with Crippen molar-refractivity contribution in [3.05, 3.63) is 59.7 Å². The molecule has 0 aliphatic carbocycles. The largest absolute Gasteiger partial charge is 0.506 e. The van der Waals surface area contributed by atoms with Crippen LogP contribution in [-0.4, -0.2) is 34.5 Å². The number of unbranched alkanes of at least 4 members (excludes halogenated alkanes) is 2. The standard InChI is InChI=1S/C20H22N2O5/c23-17-13-15(20(26)27)10-11-16(17)22-18(24)9-5-2-6-12-21-19(25)14-7-3-1-4-8-14/h1,3-4,7-8,10-11,13,23H,2,5-6,9,12H2,(H,21,25)(H,22,24)(H,26,27). The van der Waals surface area contributed by atoms with Crippen molar-refractivity contribution in [2.24, 2.45) is 0 Å². The Labute approximate surface area is 157 Å². The summed E-state index contributed by atoms with van der Waals surface area (Å²) in [5, 5.41) is 24.0. The molecule has 27 heavy (non-hydrogen) atoms. The van der Waals surface area contributed by atoms with E-state index in [1.807, 2.05) is 6.07 Å². The van der Waals surface area contributed by atoms with E-state index in [2.05, 4.69) is 10.6 Å². The van der Waals surface area contributed by atoms with Crippen molar-refractivity contribution in [1.82, 2.24) is 5.32 Å². The first-order valence-corrected chi connectivity index (χ1v) is 8.67. The fourth-order valence-corrected chi connectivity index (χ4v) is 2.46. The molecule has 2 amide bonds. The third-order valence-corrected chi connectivity index (χ3v) is 3.92. The van der Waals surface area contributed by atoms with Gasteiger partial charge < -0.3 is 20.8 Å². The second kappa shape index (κ2) is 9.96. The summed E-state index contributed by atoms with van der Waals surface area (Å²) in [5.74, 6) is -1.82. The highest BCUT2D eigenvalue weighted by atomic mass is 16.4. The van der Waals surface area contributed by atoms with Gasteiger partial charge >= 0.3 is 5.97 Å². The number of hydrogen-bond donors (Lipinski definition) is 4. The minimum absolute atomic E-state index is 0.0527. The molecule has 2 aromatic rings. The maximum absolute atomic E-state index is 11.9. The van der Waals surface area contributed by atoms with Gasteiger partial charge in [0.05, 0.1) is 11.3 Å². The molecule has 0 bridgehead atoms. The normalized spacial score (nSPS) is 10.2. The van der Waals surface area contributed by atoms with Gasteiger partial charge in [-0.05, 0) is 43.2 Å². The molecule has 0 aliphatic rings. The van der Waals surface area contributed by atoms with E-state index in [1.165, 1.54) is 12.1 Å². The summed E-state index contributed by atoms with van der Waals surface area (Å²) in [6, 6.07) is 12.7. The summed E-state index contributed by atoms with van der Waals surface area (Å²) >= 11 is 0. The third-order valence-electron chi connectivity index (χ3n) is 3.92. The molecule has 7 nitrogen and oxygen atoms in total. The Morgan fingerprint density at radius 3 is 2.30 bits per heavy atom. The average molecular weight is 370 g/mol. The van der Waals surface area contributed by atoms with E-state index in [9.17, 15) is 19.5 Å². The first-order valence-electron chi connectivity index (χ1n) is 8.67. The molecule has 4 N–H and O–H groups in total. The van der Waals surface area contributed by atoms with Crippen LogP contribution >= 0.6 is 0 Å². The van der Waals surface area contributed by atoms with Crippen LogP contribution in [0.5, 0.6) is 5.75 Å². The van der Waals surface area contributed by atoms with Gasteiger partial charge in [0.25, 0.3) is 5.91 Å². The van der Waals surface area contributed by atoms with E-state index in [0.717, 1.165) is 18.9 Å². The van der Waals surface area contributed by atoms with Crippen LogP contribution in [0.2, 0.25) is 0 Å². The zero-order valence-corrected chi connectivity index (χ0v) is 14.8. The summed E-state index contributed by atoms with van der Waals surface area (Å²) in [4.78, 5) is 34.6. The highest BCUT2D eigenvalue weighted by Crippen LogP contribution is 2.24. The van der Waals surface area contributed by atoms with Crippen LogP contribution in [0.15, 0.2) is 48.5 Å². The first-order chi connectivity index (χ1) is 13.0.